The van der Waals surface area contributed by atoms with Gasteiger partial charge in [0.1, 0.15) is 12.4 Å². The van der Waals surface area contributed by atoms with E-state index >= 15 is 0 Å². The molecule has 0 unspecified atom stereocenters. The number of rotatable bonds is 4. The van der Waals surface area contributed by atoms with E-state index in [0.717, 1.165) is 6.42 Å². The highest BCUT2D eigenvalue weighted by Crippen LogP contribution is 2.38. The molecule has 1 aromatic carbocycles. The average Bonchev–Trinajstić information content (AvgIpc) is 3.10. The molecule has 0 aliphatic carbocycles. The minimum atomic E-state index is -0.605. The number of nitrogens with one attached hydrogen (secondary N) is 1. The molecule has 2 amide bonds. The van der Waals surface area contributed by atoms with E-state index in [4.69, 9.17) is 9.15 Å². The molecule has 25 heavy (non-hydrogen) atoms. The van der Waals surface area contributed by atoms with Gasteiger partial charge in [-0.2, -0.15) is 0 Å². The molecule has 132 valence electrons. The number of benzene rings is 1. The fourth-order valence-electron chi connectivity index (χ4n) is 2.77. The normalized spacial score (nSPS) is 16.0. The Hall–Kier alpha value is -2.76. The van der Waals surface area contributed by atoms with Crippen LogP contribution in [0.2, 0.25) is 0 Å². The topological polar surface area (TPSA) is 71.8 Å². The van der Waals surface area contributed by atoms with Crippen LogP contribution in [-0.4, -0.2) is 25.0 Å². The second-order valence-corrected chi connectivity index (χ2v) is 6.74. The van der Waals surface area contributed by atoms with Crippen LogP contribution >= 0.6 is 0 Å². The number of fused-ring (bicyclic) bond motifs is 1. The van der Waals surface area contributed by atoms with E-state index < -0.39 is 5.41 Å². The van der Waals surface area contributed by atoms with Crippen molar-refractivity contribution in [3.05, 3.63) is 42.4 Å². The van der Waals surface area contributed by atoms with Crippen molar-refractivity contribution in [3.8, 4) is 5.75 Å². The first kappa shape index (κ1) is 17.1. The average molecular weight is 342 g/mol. The standard InChI is InChI=1S/C19H22N2O4/c1-4-9-21-14-11-13(20-17(22)16-6-5-10-24-16)7-8-15(14)25-12-19(2,3)18(21)23/h5-8,10-11H,4,9,12H2,1-3H3,(H,20,22). The minimum absolute atomic E-state index is 0.0163. The summed E-state index contributed by atoms with van der Waals surface area (Å²) in [6, 6.07) is 8.56. The number of carbonyl (C=O) groups excluding carboxylic acids is 2. The number of amides is 2. The molecular formula is C19H22N2O4. The smallest absolute Gasteiger partial charge is 0.291 e. The molecule has 6 heteroatoms. The molecule has 2 heterocycles. The zero-order chi connectivity index (χ0) is 18.0. The second kappa shape index (κ2) is 6.63. The summed E-state index contributed by atoms with van der Waals surface area (Å²) in [5, 5.41) is 2.79. The summed E-state index contributed by atoms with van der Waals surface area (Å²) in [6.07, 6.45) is 2.27. The molecule has 0 bridgehead atoms. The maximum atomic E-state index is 12.9. The molecule has 1 aliphatic heterocycles. The molecule has 1 N–H and O–H groups in total. The van der Waals surface area contributed by atoms with Gasteiger partial charge in [0, 0.05) is 12.2 Å². The van der Waals surface area contributed by atoms with Gasteiger partial charge in [-0.05, 0) is 50.6 Å². The van der Waals surface area contributed by atoms with Crippen molar-refractivity contribution < 1.29 is 18.7 Å². The predicted molar refractivity (Wildman–Crippen MR) is 95.0 cm³/mol. The number of hydrogen-bond donors (Lipinski definition) is 1. The van der Waals surface area contributed by atoms with Crippen LogP contribution in [0.25, 0.3) is 0 Å². The van der Waals surface area contributed by atoms with Crippen molar-refractivity contribution in [1.29, 1.82) is 0 Å². The van der Waals surface area contributed by atoms with Gasteiger partial charge in [0.25, 0.3) is 5.91 Å². The third-order valence-electron chi connectivity index (χ3n) is 4.11. The summed E-state index contributed by atoms with van der Waals surface area (Å²) in [5.41, 5.74) is 0.651. The summed E-state index contributed by atoms with van der Waals surface area (Å²) in [6.45, 7) is 6.69. The van der Waals surface area contributed by atoms with Gasteiger partial charge in [-0.15, -0.1) is 0 Å². The Balaban J connectivity index is 1.93. The Labute approximate surface area is 146 Å². The van der Waals surface area contributed by atoms with Crippen LogP contribution in [0, 0.1) is 5.41 Å². The Morgan fingerprint density at radius 1 is 1.32 bits per heavy atom. The highest BCUT2D eigenvalue weighted by atomic mass is 16.5. The zero-order valence-electron chi connectivity index (χ0n) is 14.7. The molecule has 0 saturated heterocycles. The van der Waals surface area contributed by atoms with Gasteiger partial charge in [0.05, 0.1) is 17.4 Å². The van der Waals surface area contributed by atoms with Gasteiger partial charge in [0.2, 0.25) is 5.91 Å². The zero-order valence-corrected chi connectivity index (χ0v) is 14.7. The van der Waals surface area contributed by atoms with E-state index in [-0.39, 0.29) is 17.6 Å². The van der Waals surface area contributed by atoms with Crippen molar-refractivity contribution in [2.75, 3.05) is 23.4 Å². The number of carbonyl (C=O) groups is 2. The van der Waals surface area contributed by atoms with E-state index in [1.54, 1.807) is 35.2 Å². The number of hydrogen-bond acceptors (Lipinski definition) is 4. The van der Waals surface area contributed by atoms with Crippen molar-refractivity contribution in [2.45, 2.75) is 27.2 Å². The SMILES string of the molecule is CCCN1C(=O)C(C)(C)COc2ccc(NC(=O)c3ccco3)cc21. The first-order valence-corrected chi connectivity index (χ1v) is 8.36. The van der Waals surface area contributed by atoms with Crippen molar-refractivity contribution >= 4 is 23.2 Å². The summed E-state index contributed by atoms with van der Waals surface area (Å²) in [7, 11) is 0. The summed E-state index contributed by atoms with van der Waals surface area (Å²) in [4.78, 5) is 26.8. The number of anilines is 2. The van der Waals surface area contributed by atoms with Crippen LogP contribution in [0.1, 0.15) is 37.7 Å². The van der Waals surface area contributed by atoms with E-state index in [9.17, 15) is 9.59 Å². The Bertz CT molecular complexity index is 781. The molecule has 0 spiro atoms. The quantitative estimate of drug-likeness (QED) is 0.920. The largest absolute Gasteiger partial charge is 0.490 e. The molecule has 1 aromatic heterocycles. The van der Waals surface area contributed by atoms with Gasteiger partial charge >= 0.3 is 0 Å². The Kier molecular flexibility index (Phi) is 4.53. The molecule has 0 fully saturated rings. The van der Waals surface area contributed by atoms with Crippen molar-refractivity contribution in [3.63, 3.8) is 0 Å². The van der Waals surface area contributed by atoms with E-state index in [1.165, 1.54) is 6.26 Å². The lowest BCUT2D eigenvalue weighted by Crippen LogP contribution is -2.42. The molecule has 3 rings (SSSR count). The lowest BCUT2D eigenvalue weighted by molar-refractivity contribution is -0.127. The van der Waals surface area contributed by atoms with E-state index in [1.807, 2.05) is 20.8 Å². The second-order valence-electron chi connectivity index (χ2n) is 6.74. The summed E-state index contributed by atoms with van der Waals surface area (Å²) in [5.74, 6) is 0.549. The van der Waals surface area contributed by atoms with Gasteiger partial charge in [-0.25, -0.2) is 0 Å². The monoisotopic (exact) mass is 342 g/mol. The van der Waals surface area contributed by atoms with Gasteiger partial charge in [-0.1, -0.05) is 6.92 Å². The lowest BCUT2D eigenvalue weighted by Gasteiger charge is -2.27. The van der Waals surface area contributed by atoms with E-state index in [2.05, 4.69) is 5.32 Å². The third-order valence-corrected chi connectivity index (χ3v) is 4.11. The Morgan fingerprint density at radius 3 is 2.80 bits per heavy atom. The van der Waals surface area contributed by atoms with Gasteiger partial charge in [-0.3, -0.25) is 9.59 Å². The highest BCUT2D eigenvalue weighted by molar-refractivity contribution is 6.04. The van der Waals surface area contributed by atoms with Crippen LogP contribution < -0.4 is 15.0 Å². The van der Waals surface area contributed by atoms with Crippen LogP contribution in [0.5, 0.6) is 5.75 Å². The van der Waals surface area contributed by atoms with Crippen molar-refractivity contribution in [1.82, 2.24) is 0 Å². The molecule has 2 aromatic rings. The number of furan rings is 1. The Morgan fingerprint density at radius 2 is 2.12 bits per heavy atom. The molecule has 0 radical (unpaired) electrons. The van der Waals surface area contributed by atoms with Crippen molar-refractivity contribution in [2.24, 2.45) is 5.41 Å². The van der Waals surface area contributed by atoms with Crippen LogP contribution in [-0.2, 0) is 4.79 Å². The maximum Gasteiger partial charge on any atom is 0.291 e. The third kappa shape index (κ3) is 3.38. The first-order chi connectivity index (χ1) is 11.9. The maximum absolute atomic E-state index is 12.9. The van der Waals surface area contributed by atoms with Gasteiger partial charge < -0.3 is 19.4 Å². The number of nitrogens with zero attached hydrogens (tertiary/aromatic N) is 1. The highest BCUT2D eigenvalue weighted by Gasteiger charge is 2.37. The molecule has 0 atom stereocenters. The lowest BCUT2D eigenvalue weighted by atomic mass is 9.93. The summed E-state index contributed by atoms with van der Waals surface area (Å²) >= 11 is 0. The molecular weight excluding hydrogens is 320 g/mol. The molecule has 6 nitrogen and oxygen atoms in total. The fourth-order valence-corrected chi connectivity index (χ4v) is 2.77. The minimum Gasteiger partial charge on any atom is -0.490 e. The van der Waals surface area contributed by atoms with Crippen LogP contribution in [0.3, 0.4) is 0 Å². The van der Waals surface area contributed by atoms with Crippen LogP contribution in [0.4, 0.5) is 11.4 Å². The van der Waals surface area contributed by atoms with Gasteiger partial charge in [0.15, 0.2) is 5.76 Å². The van der Waals surface area contributed by atoms with Crippen LogP contribution in [0.15, 0.2) is 41.0 Å². The molecule has 0 saturated carbocycles. The first-order valence-electron chi connectivity index (χ1n) is 8.36. The fraction of sp³-hybridized carbons (Fsp3) is 0.368. The molecule has 1 aliphatic rings. The van der Waals surface area contributed by atoms with E-state index in [0.29, 0.717) is 30.3 Å². The summed E-state index contributed by atoms with van der Waals surface area (Å²) < 4.78 is 11.0. The predicted octanol–water partition coefficient (Wildman–Crippen LogP) is 3.69. The number of ether oxygens (including phenoxy) is 1.